The fraction of sp³-hybridized carbons (Fsp3) is 0.556. The molecular formula is C18H26Cl2N4O2. The van der Waals surface area contributed by atoms with E-state index < -0.39 is 0 Å². The summed E-state index contributed by atoms with van der Waals surface area (Å²) in [6, 6.07) is 7.85. The molecule has 3 N–H and O–H groups in total. The molecule has 2 aliphatic heterocycles. The number of primary amides is 1. The lowest BCUT2D eigenvalue weighted by Crippen LogP contribution is -2.52. The van der Waals surface area contributed by atoms with E-state index in [2.05, 4.69) is 10.2 Å². The summed E-state index contributed by atoms with van der Waals surface area (Å²) < 4.78 is 0. The average molecular weight is 401 g/mol. The van der Waals surface area contributed by atoms with Crippen molar-refractivity contribution >= 4 is 35.8 Å². The van der Waals surface area contributed by atoms with Crippen LogP contribution >= 0.6 is 24.0 Å². The lowest BCUT2D eigenvalue weighted by atomic mass is 9.97. The second kappa shape index (κ2) is 9.55. The molecule has 144 valence electrons. The molecule has 3 rings (SSSR count). The Morgan fingerprint density at radius 1 is 1.27 bits per heavy atom. The number of carbonyl (C=O) groups is 2. The van der Waals surface area contributed by atoms with Crippen molar-refractivity contribution in [1.82, 2.24) is 15.1 Å². The van der Waals surface area contributed by atoms with Gasteiger partial charge in [0.25, 0.3) is 0 Å². The summed E-state index contributed by atoms with van der Waals surface area (Å²) in [5, 5.41) is 4.10. The van der Waals surface area contributed by atoms with E-state index in [1.807, 2.05) is 24.3 Å². The molecule has 2 atom stereocenters. The molecule has 2 aliphatic rings. The molecule has 2 heterocycles. The number of nitrogens with one attached hydrogen (secondary N) is 1. The van der Waals surface area contributed by atoms with Gasteiger partial charge in [-0.05, 0) is 24.5 Å². The Morgan fingerprint density at radius 3 is 2.77 bits per heavy atom. The van der Waals surface area contributed by atoms with Crippen LogP contribution in [0.4, 0.5) is 0 Å². The number of hydrogen-bond donors (Lipinski definition) is 2. The fourth-order valence-electron chi connectivity index (χ4n) is 3.70. The highest BCUT2D eigenvalue weighted by atomic mass is 35.5. The highest BCUT2D eigenvalue weighted by molar-refractivity contribution is 6.31. The molecule has 0 bridgehead atoms. The van der Waals surface area contributed by atoms with E-state index in [0.29, 0.717) is 19.6 Å². The van der Waals surface area contributed by atoms with E-state index >= 15 is 0 Å². The Kier molecular flexibility index (Phi) is 7.70. The monoisotopic (exact) mass is 400 g/mol. The number of rotatable bonds is 4. The van der Waals surface area contributed by atoms with Crippen LogP contribution in [-0.2, 0) is 9.59 Å². The number of piperazine rings is 1. The van der Waals surface area contributed by atoms with Gasteiger partial charge in [-0.2, -0.15) is 0 Å². The van der Waals surface area contributed by atoms with Gasteiger partial charge in [0.2, 0.25) is 11.8 Å². The zero-order chi connectivity index (χ0) is 17.8. The van der Waals surface area contributed by atoms with Crippen molar-refractivity contribution in [2.24, 2.45) is 11.7 Å². The molecule has 2 unspecified atom stereocenters. The first-order valence-electron chi connectivity index (χ1n) is 8.82. The number of nitrogens with two attached hydrogens (primary N) is 1. The summed E-state index contributed by atoms with van der Waals surface area (Å²) in [6.07, 6.45) is 1.60. The molecule has 0 saturated carbocycles. The van der Waals surface area contributed by atoms with Crippen molar-refractivity contribution < 1.29 is 9.59 Å². The highest BCUT2D eigenvalue weighted by Crippen LogP contribution is 2.28. The van der Waals surface area contributed by atoms with Crippen LogP contribution in [-0.4, -0.2) is 60.9 Å². The zero-order valence-electron chi connectivity index (χ0n) is 14.7. The first-order chi connectivity index (χ1) is 12.1. The lowest BCUT2D eigenvalue weighted by molar-refractivity contribution is -0.136. The lowest BCUT2D eigenvalue weighted by Gasteiger charge is -2.38. The molecule has 1 aromatic rings. The Labute approximate surface area is 165 Å². The maximum absolute atomic E-state index is 12.8. The van der Waals surface area contributed by atoms with Gasteiger partial charge in [-0.15, -0.1) is 12.4 Å². The number of likely N-dealkylation sites (tertiary alicyclic amines) is 1. The third-order valence-electron chi connectivity index (χ3n) is 5.13. The minimum Gasteiger partial charge on any atom is -0.369 e. The number of hydrogen-bond acceptors (Lipinski definition) is 4. The molecule has 0 aliphatic carbocycles. The number of carbonyl (C=O) groups excluding carboxylic acids is 2. The molecule has 6 nitrogen and oxygen atoms in total. The third-order valence-corrected chi connectivity index (χ3v) is 5.48. The summed E-state index contributed by atoms with van der Waals surface area (Å²) in [5.74, 6) is -0.474. The summed E-state index contributed by atoms with van der Waals surface area (Å²) >= 11 is 6.36. The van der Waals surface area contributed by atoms with Crippen LogP contribution in [0.3, 0.4) is 0 Å². The molecule has 8 heteroatoms. The Balaban J connectivity index is 0.00000243. The average Bonchev–Trinajstić information content (AvgIpc) is 2.63. The van der Waals surface area contributed by atoms with Gasteiger partial charge in [0.1, 0.15) is 0 Å². The van der Waals surface area contributed by atoms with Gasteiger partial charge in [0, 0.05) is 43.8 Å². The van der Waals surface area contributed by atoms with Crippen molar-refractivity contribution in [3.8, 4) is 0 Å². The zero-order valence-corrected chi connectivity index (χ0v) is 16.3. The van der Waals surface area contributed by atoms with E-state index in [9.17, 15) is 9.59 Å². The molecule has 2 saturated heterocycles. The van der Waals surface area contributed by atoms with Crippen molar-refractivity contribution in [2.75, 3.05) is 39.3 Å². The van der Waals surface area contributed by atoms with Crippen LogP contribution in [0.25, 0.3) is 0 Å². The van der Waals surface area contributed by atoms with Crippen molar-refractivity contribution in [3.05, 3.63) is 34.9 Å². The molecule has 2 fully saturated rings. The van der Waals surface area contributed by atoms with Crippen LogP contribution < -0.4 is 11.1 Å². The van der Waals surface area contributed by atoms with Crippen LogP contribution in [0, 0.1) is 5.92 Å². The third kappa shape index (κ3) is 4.88. The SMILES string of the molecule is Cl.NC(=O)C1CCCN(C(=O)CN2CCNCC2c2ccccc2Cl)C1. The molecule has 2 amide bonds. The quantitative estimate of drug-likeness (QED) is 0.800. The summed E-state index contributed by atoms with van der Waals surface area (Å²) in [7, 11) is 0. The van der Waals surface area contributed by atoms with Crippen LogP contribution in [0.15, 0.2) is 24.3 Å². The summed E-state index contributed by atoms with van der Waals surface area (Å²) in [4.78, 5) is 28.2. The van der Waals surface area contributed by atoms with Crippen molar-refractivity contribution in [2.45, 2.75) is 18.9 Å². The molecule has 1 aromatic carbocycles. The molecule has 0 spiro atoms. The van der Waals surface area contributed by atoms with Gasteiger partial charge in [0.15, 0.2) is 0 Å². The predicted octanol–water partition coefficient (Wildman–Crippen LogP) is 1.43. The fourth-order valence-corrected chi connectivity index (χ4v) is 3.96. The van der Waals surface area contributed by atoms with Gasteiger partial charge in [-0.25, -0.2) is 0 Å². The van der Waals surface area contributed by atoms with Crippen molar-refractivity contribution in [1.29, 1.82) is 0 Å². The first-order valence-corrected chi connectivity index (χ1v) is 9.20. The number of halogens is 2. The van der Waals surface area contributed by atoms with Crippen molar-refractivity contribution in [3.63, 3.8) is 0 Å². The second-order valence-corrected chi connectivity index (χ2v) is 7.20. The summed E-state index contributed by atoms with van der Waals surface area (Å²) in [6.45, 7) is 3.87. The topological polar surface area (TPSA) is 78.7 Å². The maximum Gasteiger partial charge on any atom is 0.236 e. The Bertz CT molecular complexity index is 643. The van der Waals surface area contributed by atoms with Crippen LogP contribution in [0.1, 0.15) is 24.4 Å². The Hall–Kier alpha value is -1.34. The van der Waals surface area contributed by atoms with Crippen LogP contribution in [0.2, 0.25) is 5.02 Å². The standard InChI is InChI=1S/C18H25ClN4O2.ClH/c19-15-6-2-1-5-14(15)16-10-21-7-9-22(16)12-17(24)23-8-3-4-13(11-23)18(20)25;/h1-2,5-6,13,16,21H,3-4,7-12H2,(H2,20,25);1H. The number of benzene rings is 1. The molecule has 26 heavy (non-hydrogen) atoms. The van der Waals surface area contributed by atoms with E-state index in [1.165, 1.54) is 0 Å². The normalized spacial score (nSPS) is 24.0. The van der Waals surface area contributed by atoms with Gasteiger partial charge in [-0.3, -0.25) is 14.5 Å². The minimum absolute atomic E-state index is 0. The maximum atomic E-state index is 12.8. The molecule has 0 radical (unpaired) electrons. The van der Waals surface area contributed by atoms with Gasteiger partial charge in [0.05, 0.1) is 12.5 Å². The molecule has 0 aromatic heterocycles. The number of amides is 2. The van der Waals surface area contributed by atoms with Gasteiger partial charge >= 0.3 is 0 Å². The highest BCUT2D eigenvalue weighted by Gasteiger charge is 2.31. The van der Waals surface area contributed by atoms with E-state index in [-0.39, 0.29) is 36.2 Å². The first kappa shape index (κ1) is 21.0. The van der Waals surface area contributed by atoms with E-state index in [1.54, 1.807) is 4.90 Å². The second-order valence-electron chi connectivity index (χ2n) is 6.79. The number of nitrogens with zero attached hydrogens (tertiary/aromatic N) is 2. The van der Waals surface area contributed by atoms with Gasteiger partial charge in [-0.1, -0.05) is 29.8 Å². The van der Waals surface area contributed by atoms with Gasteiger partial charge < -0.3 is 16.0 Å². The molecular weight excluding hydrogens is 375 g/mol. The Morgan fingerprint density at radius 2 is 2.04 bits per heavy atom. The van der Waals surface area contributed by atoms with Crippen LogP contribution in [0.5, 0.6) is 0 Å². The number of piperidine rings is 1. The predicted molar refractivity (Wildman–Crippen MR) is 104 cm³/mol. The summed E-state index contributed by atoms with van der Waals surface area (Å²) in [5.41, 5.74) is 6.46. The largest absolute Gasteiger partial charge is 0.369 e. The van der Waals surface area contributed by atoms with E-state index in [0.717, 1.165) is 43.1 Å². The van der Waals surface area contributed by atoms with E-state index in [4.69, 9.17) is 17.3 Å². The minimum atomic E-state index is -0.311. The smallest absolute Gasteiger partial charge is 0.236 e.